The Morgan fingerprint density at radius 3 is 2.95 bits per heavy atom. The van der Waals surface area contributed by atoms with Gasteiger partial charge in [-0.05, 0) is 39.3 Å². The molecule has 0 spiro atoms. The molecule has 2 heterocycles. The molecule has 1 aromatic rings. The molecule has 4 nitrogen and oxygen atoms in total. The number of aromatic nitrogens is 2. The van der Waals surface area contributed by atoms with Crippen molar-refractivity contribution in [2.75, 3.05) is 13.2 Å². The van der Waals surface area contributed by atoms with Crippen LogP contribution in [0.4, 0.5) is 0 Å². The van der Waals surface area contributed by atoms with Crippen molar-refractivity contribution in [3.63, 3.8) is 0 Å². The molecule has 1 aliphatic carbocycles. The van der Waals surface area contributed by atoms with Crippen LogP contribution in [0.2, 0.25) is 0 Å². The van der Waals surface area contributed by atoms with Crippen LogP contribution in [0.1, 0.15) is 38.1 Å². The van der Waals surface area contributed by atoms with Crippen LogP contribution in [0.5, 0.6) is 0 Å². The van der Waals surface area contributed by atoms with Crippen LogP contribution in [-0.2, 0) is 11.3 Å². The molecule has 1 aliphatic heterocycles. The van der Waals surface area contributed by atoms with Crippen LogP contribution in [0.15, 0.2) is 6.07 Å². The highest BCUT2D eigenvalue weighted by Crippen LogP contribution is 2.51. The summed E-state index contributed by atoms with van der Waals surface area (Å²) in [5.41, 5.74) is 2.66. The van der Waals surface area contributed by atoms with Crippen LogP contribution in [0.25, 0.3) is 0 Å². The first-order valence-corrected chi connectivity index (χ1v) is 7.86. The summed E-state index contributed by atoms with van der Waals surface area (Å²) in [5, 5.41) is 8.27. The van der Waals surface area contributed by atoms with E-state index in [0.29, 0.717) is 17.6 Å². The average Bonchev–Trinajstić information content (AvgIpc) is 2.94. The minimum atomic E-state index is 0.291. The summed E-state index contributed by atoms with van der Waals surface area (Å²) in [6.45, 7) is 11.9. The highest BCUT2D eigenvalue weighted by molar-refractivity contribution is 5.11. The molecule has 0 aromatic carbocycles. The Bertz CT molecular complexity index is 480. The van der Waals surface area contributed by atoms with Gasteiger partial charge in [0, 0.05) is 36.2 Å². The normalized spacial score (nSPS) is 31.1. The molecule has 2 fully saturated rings. The van der Waals surface area contributed by atoms with Gasteiger partial charge in [-0.2, -0.15) is 5.10 Å². The minimum Gasteiger partial charge on any atom is -0.377 e. The van der Waals surface area contributed by atoms with Crippen LogP contribution >= 0.6 is 0 Å². The number of hydrogen-bond donors (Lipinski definition) is 1. The third kappa shape index (κ3) is 2.29. The summed E-state index contributed by atoms with van der Waals surface area (Å²) < 4.78 is 7.95. The molecule has 3 unspecified atom stereocenters. The second-order valence-corrected chi connectivity index (χ2v) is 7.00. The van der Waals surface area contributed by atoms with Gasteiger partial charge in [0.1, 0.15) is 0 Å². The van der Waals surface area contributed by atoms with Crippen LogP contribution < -0.4 is 5.32 Å². The average molecular weight is 277 g/mol. The number of hydrogen-bond acceptors (Lipinski definition) is 3. The first-order valence-electron chi connectivity index (χ1n) is 7.86. The quantitative estimate of drug-likeness (QED) is 0.839. The summed E-state index contributed by atoms with van der Waals surface area (Å²) in [7, 11) is 0. The number of ether oxygens (including phenoxy) is 1. The maximum absolute atomic E-state index is 5.84. The van der Waals surface area contributed by atoms with E-state index in [-0.39, 0.29) is 0 Å². The van der Waals surface area contributed by atoms with Crippen molar-refractivity contribution in [2.45, 2.75) is 59.2 Å². The Morgan fingerprint density at radius 2 is 2.25 bits per heavy atom. The molecule has 2 aliphatic rings. The van der Waals surface area contributed by atoms with E-state index in [9.17, 15) is 0 Å². The molecule has 1 saturated carbocycles. The number of nitrogens with zero attached hydrogens (tertiary/aromatic N) is 2. The fourth-order valence-corrected chi connectivity index (χ4v) is 4.13. The van der Waals surface area contributed by atoms with Gasteiger partial charge in [0.25, 0.3) is 0 Å². The predicted molar refractivity (Wildman–Crippen MR) is 79.7 cm³/mol. The van der Waals surface area contributed by atoms with Crippen molar-refractivity contribution < 1.29 is 4.74 Å². The zero-order chi connectivity index (χ0) is 14.3. The van der Waals surface area contributed by atoms with Crippen molar-refractivity contribution in [2.24, 2.45) is 11.3 Å². The summed E-state index contributed by atoms with van der Waals surface area (Å²) >= 11 is 0. The highest BCUT2D eigenvalue weighted by atomic mass is 16.5. The number of rotatable bonds is 5. The van der Waals surface area contributed by atoms with Crippen LogP contribution in [0.3, 0.4) is 0 Å². The Hall–Kier alpha value is -0.870. The van der Waals surface area contributed by atoms with Gasteiger partial charge in [0.05, 0.1) is 11.8 Å². The Kier molecular flexibility index (Phi) is 3.63. The predicted octanol–water partition coefficient (Wildman–Crippen LogP) is 2.29. The molecule has 3 rings (SSSR count). The van der Waals surface area contributed by atoms with E-state index in [4.69, 9.17) is 4.74 Å². The molecular formula is C16H27N3O. The monoisotopic (exact) mass is 277 g/mol. The number of aryl methyl sites for hydroxylation is 3. The highest BCUT2D eigenvalue weighted by Gasteiger charge is 2.58. The lowest BCUT2D eigenvalue weighted by Crippen LogP contribution is -2.65. The first-order chi connectivity index (χ1) is 9.50. The van der Waals surface area contributed by atoms with E-state index in [0.717, 1.165) is 37.7 Å². The van der Waals surface area contributed by atoms with Gasteiger partial charge in [-0.1, -0.05) is 13.8 Å². The van der Waals surface area contributed by atoms with Gasteiger partial charge < -0.3 is 10.1 Å². The molecule has 112 valence electrons. The van der Waals surface area contributed by atoms with Gasteiger partial charge in [0.2, 0.25) is 0 Å². The van der Waals surface area contributed by atoms with E-state index in [1.807, 2.05) is 0 Å². The second kappa shape index (κ2) is 5.15. The summed E-state index contributed by atoms with van der Waals surface area (Å²) in [6, 6.07) is 2.76. The lowest BCUT2D eigenvalue weighted by molar-refractivity contribution is -0.112. The van der Waals surface area contributed by atoms with E-state index in [2.05, 4.69) is 48.9 Å². The number of nitrogens with one attached hydrogen (secondary N) is 1. The lowest BCUT2D eigenvalue weighted by Gasteiger charge is -2.55. The van der Waals surface area contributed by atoms with Gasteiger partial charge >= 0.3 is 0 Å². The summed E-state index contributed by atoms with van der Waals surface area (Å²) in [6.07, 6.45) is 2.84. The van der Waals surface area contributed by atoms with Crippen LogP contribution in [-0.4, -0.2) is 35.1 Å². The Balaban J connectivity index is 1.45. The molecular weight excluding hydrogens is 250 g/mol. The zero-order valence-electron chi connectivity index (χ0n) is 13.1. The molecule has 3 atom stereocenters. The third-order valence-corrected chi connectivity index (χ3v) is 5.11. The SMILES string of the molecule is Cc1cc(C)n(CCCNC2C3CCOC3C2(C)C)n1. The topological polar surface area (TPSA) is 39.1 Å². The fraction of sp³-hybridized carbons (Fsp3) is 0.812. The minimum absolute atomic E-state index is 0.291. The summed E-state index contributed by atoms with van der Waals surface area (Å²) in [5.74, 6) is 0.735. The smallest absolute Gasteiger partial charge is 0.0685 e. The maximum atomic E-state index is 5.84. The molecule has 0 bridgehead atoms. The van der Waals surface area contributed by atoms with Crippen molar-refractivity contribution >= 4 is 0 Å². The molecule has 1 saturated heterocycles. The fourth-order valence-electron chi connectivity index (χ4n) is 4.13. The van der Waals surface area contributed by atoms with E-state index in [1.165, 1.54) is 12.1 Å². The van der Waals surface area contributed by atoms with Gasteiger partial charge in [-0.25, -0.2) is 0 Å². The van der Waals surface area contributed by atoms with Crippen LogP contribution in [0, 0.1) is 25.2 Å². The van der Waals surface area contributed by atoms with E-state index < -0.39 is 0 Å². The third-order valence-electron chi connectivity index (χ3n) is 5.11. The molecule has 1 N–H and O–H groups in total. The second-order valence-electron chi connectivity index (χ2n) is 7.00. The molecule has 20 heavy (non-hydrogen) atoms. The van der Waals surface area contributed by atoms with Crippen molar-refractivity contribution in [3.05, 3.63) is 17.5 Å². The zero-order valence-corrected chi connectivity index (χ0v) is 13.1. The van der Waals surface area contributed by atoms with Crippen molar-refractivity contribution in [3.8, 4) is 0 Å². The first kappa shape index (κ1) is 14.1. The van der Waals surface area contributed by atoms with E-state index in [1.54, 1.807) is 0 Å². The standard InChI is InChI=1S/C16H27N3O/c1-11-10-12(2)19(18-11)8-5-7-17-14-13-6-9-20-15(13)16(14,3)4/h10,13-15,17H,5-9H2,1-4H3. The largest absolute Gasteiger partial charge is 0.377 e. The molecule has 1 aromatic heterocycles. The molecule has 4 heteroatoms. The van der Waals surface area contributed by atoms with Gasteiger partial charge in [-0.15, -0.1) is 0 Å². The Morgan fingerprint density at radius 1 is 1.45 bits per heavy atom. The van der Waals surface area contributed by atoms with Gasteiger partial charge in [0.15, 0.2) is 0 Å². The molecule has 0 radical (unpaired) electrons. The molecule has 0 amide bonds. The summed E-state index contributed by atoms with van der Waals surface area (Å²) in [4.78, 5) is 0. The van der Waals surface area contributed by atoms with Crippen molar-refractivity contribution in [1.29, 1.82) is 0 Å². The van der Waals surface area contributed by atoms with Gasteiger partial charge in [-0.3, -0.25) is 4.68 Å². The lowest BCUT2D eigenvalue weighted by atomic mass is 9.57. The number of fused-ring (bicyclic) bond motifs is 1. The van der Waals surface area contributed by atoms with Crippen molar-refractivity contribution in [1.82, 2.24) is 15.1 Å². The maximum Gasteiger partial charge on any atom is 0.0685 e. The Labute approximate surface area is 121 Å². The van der Waals surface area contributed by atoms with E-state index >= 15 is 0 Å².